The van der Waals surface area contributed by atoms with Gasteiger partial charge in [0.25, 0.3) is 0 Å². The zero-order valence-corrected chi connectivity index (χ0v) is 22.2. The molecule has 0 aliphatic carbocycles. The summed E-state index contributed by atoms with van der Waals surface area (Å²) in [6.07, 6.45) is 6.53. The number of halogens is 4. The van der Waals surface area contributed by atoms with Crippen molar-refractivity contribution in [3.8, 4) is 0 Å². The summed E-state index contributed by atoms with van der Waals surface area (Å²) < 4.78 is 47.2. The quantitative estimate of drug-likeness (QED) is 0.342. The van der Waals surface area contributed by atoms with Gasteiger partial charge in [0, 0.05) is 52.6 Å². The van der Waals surface area contributed by atoms with Gasteiger partial charge in [-0.05, 0) is 25.1 Å². The lowest BCUT2D eigenvalue weighted by Gasteiger charge is -2.33. The van der Waals surface area contributed by atoms with Crippen molar-refractivity contribution in [2.75, 3.05) is 19.7 Å². The molecule has 0 radical (unpaired) electrons. The standard InChI is InChI=1S/C26H22ClF3N6O2S/c1-2-3-8-35-25(37)38-14-26(35)12-19-20(18-6-9-36(33-18)24(29)30)21(16-5-4-15(28)11-17(16)27)32-22(34(19)13-26)23-31-7-10-39-23/h2-7,9-11,21,24H,8,12-14H2,1H3/b3-2+/t21-,26+/m0/s1. The fourth-order valence-electron chi connectivity index (χ4n) is 5.34. The van der Waals surface area contributed by atoms with Gasteiger partial charge in [0.15, 0.2) is 10.8 Å². The van der Waals surface area contributed by atoms with E-state index >= 15 is 0 Å². The van der Waals surface area contributed by atoms with Crippen molar-refractivity contribution in [2.24, 2.45) is 4.99 Å². The largest absolute Gasteiger partial charge is 0.447 e. The number of benzene rings is 1. The molecule has 8 nitrogen and oxygen atoms in total. The molecule has 2 atom stereocenters. The molecule has 13 heteroatoms. The minimum Gasteiger partial charge on any atom is -0.447 e. The molecule has 0 bridgehead atoms. The summed E-state index contributed by atoms with van der Waals surface area (Å²) in [5.74, 6) is 0.0344. The van der Waals surface area contributed by atoms with Crippen LogP contribution in [0.5, 0.6) is 0 Å². The third-order valence-corrected chi connectivity index (χ3v) is 8.21. The van der Waals surface area contributed by atoms with Gasteiger partial charge >= 0.3 is 12.6 Å². The number of allylic oxidation sites excluding steroid dienone is 1. The Morgan fingerprint density at radius 2 is 2.18 bits per heavy atom. The Bertz CT molecular complexity index is 1520. The first-order valence-corrected chi connectivity index (χ1v) is 13.4. The van der Waals surface area contributed by atoms with Crippen LogP contribution in [0, 0.1) is 5.82 Å². The molecule has 6 rings (SSSR count). The minimum absolute atomic E-state index is 0.142. The third-order valence-electron chi connectivity index (χ3n) is 7.11. The third kappa shape index (κ3) is 4.31. The fraction of sp³-hybridized carbons (Fsp3) is 0.308. The highest BCUT2D eigenvalue weighted by atomic mass is 35.5. The lowest BCUT2D eigenvalue weighted by molar-refractivity contribution is 0.0564. The van der Waals surface area contributed by atoms with Crippen LogP contribution in [0.1, 0.15) is 42.2 Å². The molecule has 39 heavy (non-hydrogen) atoms. The van der Waals surface area contributed by atoms with Crippen LogP contribution in [0.25, 0.3) is 5.57 Å². The van der Waals surface area contributed by atoms with E-state index in [0.29, 0.717) is 46.2 Å². The first-order chi connectivity index (χ1) is 18.8. The Labute approximate surface area is 230 Å². The summed E-state index contributed by atoms with van der Waals surface area (Å²) in [6.45, 7) is -0.111. The second-order valence-corrected chi connectivity index (χ2v) is 10.7. The molecule has 2 fully saturated rings. The van der Waals surface area contributed by atoms with Crippen molar-refractivity contribution < 1.29 is 22.7 Å². The van der Waals surface area contributed by atoms with E-state index in [1.807, 2.05) is 29.4 Å². The van der Waals surface area contributed by atoms with Gasteiger partial charge in [-0.25, -0.2) is 18.9 Å². The van der Waals surface area contributed by atoms with Crippen LogP contribution in [0.15, 0.2) is 64.9 Å². The van der Waals surface area contributed by atoms with Gasteiger partial charge in [0.05, 0.1) is 12.2 Å². The summed E-state index contributed by atoms with van der Waals surface area (Å²) in [6, 6.07) is 4.73. The van der Waals surface area contributed by atoms with E-state index in [1.165, 1.54) is 41.8 Å². The van der Waals surface area contributed by atoms with E-state index in [1.54, 1.807) is 11.1 Å². The van der Waals surface area contributed by atoms with Gasteiger partial charge in [-0.1, -0.05) is 29.8 Å². The molecule has 2 aromatic heterocycles. The van der Waals surface area contributed by atoms with E-state index in [-0.39, 0.29) is 17.3 Å². The number of thiazole rings is 1. The zero-order chi connectivity index (χ0) is 27.3. The monoisotopic (exact) mass is 574 g/mol. The SMILES string of the molecule is C/C=C/CN1C(=O)OC[C@]12CC1=C(c3ccn(C(F)F)n3)[C@H](c3ccc(F)cc3Cl)N=C(c3nccs3)N1C2. The number of hydrogen-bond acceptors (Lipinski definition) is 7. The lowest BCUT2D eigenvalue weighted by Crippen LogP contribution is -2.50. The van der Waals surface area contributed by atoms with Crippen molar-refractivity contribution in [3.63, 3.8) is 0 Å². The van der Waals surface area contributed by atoms with Gasteiger partial charge in [-0.2, -0.15) is 13.9 Å². The van der Waals surface area contributed by atoms with Crippen molar-refractivity contribution in [3.05, 3.63) is 87.0 Å². The molecular weight excluding hydrogens is 553 g/mol. The molecule has 3 aromatic rings. The average molecular weight is 575 g/mol. The van der Waals surface area contributed by atoms with Gasteiger partial charge in [-0.3, -0.25) is 9.89 Å². The summed E-state index contributed by atoms with van der Waals surface area (Å²) >= 11 is 7.91. The molecule has 0 N–H and O–H groups in total. The Hall–Kier alpha value is -3.64. The number of fused-ring (bicyclic) bond motifs is 1. The Morgan fingerprint density at radius 3 is 2.87 bits per heavy atom. The molecule has 2 saturated heterocycles. The molecule has 0 unspecified atom stereocenters. The van der Waals surface area contributed by atoms with E-state index in [4.69, 9.17) is 21.3 Å². The van der Waals surface area contributed by atoms with Crippen molar-refractivity contribution in [1.29, 1.82) is 0 Å². The van der Waals surface area contributed by atoms with Crippen LogP contribution in [0.3, 0.4) is 0 Å². The number of ether oxygens (including phenoxy) is 1. The van der Waals surface area contributed by atoms with Crippen LogP contribution in [-0.2, 0) is 4.74 Å². The highest BCUT2D eigenvalue weighted by molar-refractivity contribution is 7.11. The molecule has 3 aliphatic rings. The van der Waals surface area contributed by atoms with E-state index in [2.05, 4.69) is 10.1 Å². The number of nitrogens with zero attached hydrogens (tertiary/aromatic N) is 6. The number of carbonyl (C=O) groups excluding carboxylic acids is 1. The van der Waals surface area contributed by atoms with Gasteiger partial charge in [0.1, 0.15) is 24.0 Å². The molecule has 3 aliphatic heterocycles. The molecule has 1 amide bonds. The molecule has 0 saturated carbocycles. The van der Waals surface area contributed by atoms with Crippen LogP contribution in [0.4, 0.5) is 18.0 Å². The topological polar surface area (TPSA) is 75.8 Å². The summed E-state index contributed by atoms with van der Waals surface area (Å²) in [7, 11) is 0. The second-order valence-electron chi connectivity index (χ2n) is 9.40. The number of aromatic nitrogens is 3. The molecule has 1 spiro atoms. The summed E-state index contributed by atoms with van der Waals surface area (Å²) in [5.41, 5.74) is 1.33. The maximum atomic E-state index is 14.0. The number of carbonyl (C=O) groups is 1. The number of alkyl halides is 2. The van der Waals surface area contributed by atoms with Crippen LogP contribution in [0.2, 0.25) is 5.02 Å². The number of amides is 1. The average Bonchev–Trinajstić information content (AvgIpc) is 3.70. The van der Waals surface area contributed by atoms with Crippen LogP contribution < -0.4 is 0 Å². The van der Waals surface area contributed by atoms with Gasteiger partial charge < -0.3 is 9.64 Å². The second kappa shape index (κ2) is 9.83. The highest BCUT2D eigenvalue weighted by Gasteiger charge is 2.56. The maximum absolute atomic E-state index is 14.0. The lowest BCUT2D eigenvalue weighted by atomic mass is 9.90. The Kier molecular flexibility index (Phi) is 6.46. The summed E-state index contributed by atoms with van der Waals surface area (Å²) in [4.78, 5) is 26.0. The van der Waals surface area contributed by atoms with Gasteiger partial charge in [0.2, 0.25) is 0 Å². The van der Waals surface area contributed by atoms with E-state index < -0.39 is 30.0 Å². The Morgan fingerprint density at radius 1 is 1.33 bits per heavy atom. The normalized spacial score (nSPS) is 23.0. The van der Waals surface area contributed by atoms with Gasteiger partial charge in [-0.15, -0.1) is 11.3 Å². The van der Waals surface area contributed by atoms with Crippen molar-refractivity contribution in [1.82, 2.24) is 24.6 Å². The number of rotatable bonds is 6. The number of aliphatic imine (C=N–C) groups is 1. The number of amidine groups is 1. The first-order valence-electron chi connectivity index (χ1n) is 12.1. The van der Waals surface area contributed by atoms with E-state index in [0.717, 1.165) is 5.70 Å². The molecular formula is C26H22ClF3N6O2S. The number of hydrogen-bond donors (Lipinski definition) is 0. The molecule has 5 heterocycles. The maximum Gasteiger partial charge on any atom is 0.410 e. The molecule has 202 valence electrons. The summed E-state index contributed by atoms with van der Waals surface area (Å²) in [5, 5.41) is 6.77. The van der Waals surface area contributed by atoms with Crippen molar-refractivity contribution in [2.45, 2.75) is 31.5 Å². The van der Waals surface area contributed by atoms with E-state index in [9.17, 15) is 18.0 Å². The Balaban J connectivity index is 1.58. The molecule has 1 aromatic carbocycles. The first kappa shape index (κ1) is 25.6. The predicted molar refractivity (Wildman–Crippen MR) is 140 cm³/mol. The highest BCUT2D eigenvalue weighted by Crippen LogP contribution is 2.50. The minimum atomic E-state index is -2.83. The smallest absolute Gasteiger partial charge is 0.410 e. The zero-order valence-electron chi connectivity index (χ0n) is 20.6. The number of cyclic esters (lactones) is 1. The van der Waals surface area contributed by atoms with Crippen LogP contribution in [-0.4, -0.2) is 61.7 Å². The van der Waals surface area contributed by atoms with Crippen molar-refractivity contribution >= 4 is 40.4 Å². The fourth-order valence-corrected chi connectivity index (χ4v) is 6.25. The predicted octanol–water partition coefficient (Wildman–Crippen LogP) is 5.91. The van der Waals surface area contributed by atoms with Crippen LogP contribution >= 0.6 is 22.9 Å².